The molecule has 0 amide bonds. The van der Waals surface area contributed by atoms with E-state index in [9.17, 15) is 16.8 Å². The third-order valence-electron chi connectivity index (χ3n) is 2.99. The zero-order chi connectivity index (χ0) is 16.0. The van der Waals surface area contributed by atoms with Crippen molar-refractivity contribution in [3.8, 4) is 0 Å². The molecular weight excluding hydrogens is 348 g/mol. The summed E-state index contributed by atoms with van der Waals surface area (Å²) in [6, 6.07) is 11.8. The highest BCUT2D eigenvalue weighted by atomic mass is 35.5. The molecule has 0 spiro atoms. The Hall–Kier alpha value is -1.90. The van der Waals surface area contributed by atoms with Crippen LogP contribution < -0.4 is 4.72 Å². The number of amidine groups is 1. The molecule has 2 aromatic carbocycles. The second-order valence-electron chi connectivity index (χ2n) is 4.45. The van der Waals surface area contributed by atoms with Gasteiger partial charge in [0.2, 0.25) is 0 Å². The maximum atomic E-state index is 12.4. The van der Waals surface area contributed by atoms with E-state index in [-0.39, 0.29) is 26.2 Å². The van der Waals surface area contributed by atoms with Gasteiger partial charge < -0.3 is 0 Å². The average molecular weight is 357 g/mol. The molecule has 1 aliphatic rings. The van der Waals surface area contributed by atoms with Crippen molar-refractivity contribution in [2.24, 2.45) is 4.40 Å². The summed E-state index contributed by atoms with van der Waals surface area (Å²) < 4.78 is 54.2. The number of hydrogen-bond acceptors (Lipinski definition) is 4. The molecule has 22 heavy (non-hydrogen) atoms. The summed E-state index contributed by atoms with van der Waals surface area (Å²) in [7, 11) is -7.94. The van der Waals surface area contributed by atoms with E-state index in [4.69, 9.17) is 11.6 Å². The van der Waals surface area contributed by atoms with Gasteiger partial charge >= 0.3 is 0 Å². The van der Waals surface area contributed by atoms with E-state index >= 15 is 0 Å². The number of hydrogen-bond donors (Lipinski definition) is 1. The van der Waals surface area contributed by atoms with Crippen molar-refractivity contribution in [2.75, 3.05) is 0 Å². The van der Waals surface area contributed by atoms with Crippen LogP contribution in [0.15, 0.2) is 62.7 Å². The van der Waals surface area contributed by atoms with Gasteiger partial charge in [-0.05, 0) is 24.3 Å². The molecule has 0 atom stereocenters. The standard InChI is InChI=1S/C13H9ClN2O4S2/c14-10-6-2-4-8-12(10)22(19,20)16-13-9-5-1-3-7-11(9)21(17,18)15-13/h1-8H,(H,15,16). The fourth-order valence-corrected chi connectivity index (χ4v) is 4.80. The summed E-state index contributed by atoms with van der Waals surface area (Å²) in [6.45, 7) is 0. The molecule has 2 aromatic rings. The lowest BCUT2D eigenvalue weighted by Gasteiger charge is -2.09. The van der Waals surface area contributed by atoms with Crippen molar-refractivity contribution in [2.45, 2.75) is 9.79 Å². The first-order valence-corrected chi connectivity index (χ1v) is 9.33. The molecule has 0 aromatic heterocycles. The Kier molecular flexibility index (Phi) is 3.47. The third kappa shape index (κ3) is 2.49. The Balaban J connectivity index is 2.07. The van der Waals surface area contributed by atoms with Crippen LogP contribution in [0.2, 0.25) is 5.02 Å². The number of nitrogens with one attached hydrogen (secondary N) is 1. The van der Waals surface area contributed by atoms with Gasteiger partial charge in [-0.3, -0.25) is 4.72 Å². The molecule has 9 heteroatoms. The molecule has 1 heterocycles. The van der Waals surface area contributed by atoms with E-state index in [1.165, 1.54) is 36.4 Å². The molecule has 3 rings (SSSR count). The topological polar surface area (TPSA) is 92.7 Å². The fourth-order valence-electron chi connectivity index (χ4n) is 2.02. The minimum atomic E-state index is -4.04. The van der Waals surface area contributed by atoms with Crippen LogP contribution in [0.1, 0.15) is 5.56 Å². The van der Waals surface area contributed by atoms with Gasteiger partial charge in [-0.15, -0.1) is 4.40 Å². The number of halogens is 1. The molecule has 0 unspecified atom stereocenters. The highest BCUT2D eigenvalue weighted by Crippen LogP contribution is 2.26. The van der Waals surface area contributed by atoms with Gasteiger partial charge in [-0.2, -0.15) is 8.42 Å². The quantitative estimate of drug-likeness (QED) is 0.887. The van der Waals surface area contributed by atoms with E-state index in [2.05, 4.69) is 9.12 Å². The van der Waals surface area contributed by atoms with Gasteiger partial charge in [-0.25, -0.2) is 8.42 Å². The zero-order valence-corrected chi connectivity index (χ0v) is 13.3. The minimum absolute atomic E-state index is 0.0322. The molecule has 1 aliphatic heterocycles. The first kappa shape index (κ1) is 15.0. The maximum Gasteiger partial charge on any atom is 0.285 e. The monoisotopic (exact) mass is 356 g/mol. The summed E-state index contributed by atoms with van der Waals surface area (Å²) in [5, 5.41) is 0.0322. The highest BCUT2D eigenvalue weighted by Gasteiger charge is 2.31. The van der Waals surface area contributed by atoms with E-state index in [1.54, 1.807) is 12.1 Å². The molecule has 0 radical (unpaired) electrons. The lowest BCUT2D eigenvalue weighted by atomic mass is 10.2. The van der Waals surface area contributed by atoms with E-state index < -0.39 is 20.0 Å². The molecule has 1 N–H and O–H groups in total. The van der Waals surface area contributed by atoms with Gasteiger partial charge in [0.15, 0.2) is 5.84 Å². The van der Waals surface area contributed by atoms with Crippen LogP contribution in [0.25, 0.3) is 0 Å². The van der Waals surface area contributed by atoms with Crippen LogP contribution >= 0.6 is 11.6 Å². The molecule has 0 saturated carbocycles. The summed E-state index contributed by atoms with van der Waals surface area (Å²) in [6.07, 6.45) is 0. The molecule has 114 valence electrons. The maximum absolute atomic E-state index is 12.4. The first-order valence-electron chi connectivity index (χ1n) is 6.03. The number of benzene rings is 2. The Morgan fingerprint density at radius 1 is 1.00 bits per heavy atom. The van der Waals surface area contributed by atoms with Crippen molar-refractivity contribution >= 4 is 37.5 Å². The van der Waals surface area contributed by atoms with Crippen molar-refractivity contribution < 1.29 is 16.8 Å². The third-order valence-corrected chi connectivity index (χ3v) is 6.16. The predicted molar refractivity (Wildman–Crippen MR) is 81.9 cm³/mol. The normalized spacial score (nSPS) is 16.0. The first-order chi connectivity index (χ1) is 10.3. The van der Waals surface area contributed by atoms with Crippen LogP contribution in [0.4, 0.5) is 0 Å². The van der Waals surface area contributed by atoms with Gasteiger partial charge in [0, 0.05) is 5.56 Å². The predicted octanol–water partition coefficient (Wildman–Crippen LogP) is 1.77. The van der Waals surface area contributed by atoms with Gasteiger partial charge in [0.25, 0.3) is 20.0 Å². The van der Waals surface area contributed by atoms with Crippen LogP contribution in [-0.4, -0.2) is 22.7 Å². The molecule has 0 bridgehead atoms. The highest BCUT2D eigenvalue weighted by molar-refractivity contribution is 7.92. The largest absolute Gasteiger partial charge is 0.285 e. The molecule has 6 nitrogen and oxygen atoms in total. The summed E-state index contributed by atoms with van der Waals surface area (Å²) in [5.74, 6) is -0.240. The molecule has 0 aliphatic carbocycles. The van der Waals surface area contributed by atoms with Crippen LogP contribution in [0.3, 0.4) is 0 Å². The van der Waals surface area contributed by atoms with E-state index in [0.29, 0.717) is 0 Å². The van der Waals surface area contributed by atoms with Crippen LogP contribution in [-0.2, 0) is 20.0 Å². The molecule has 0 saturated heterocycles. The smallest absolute Gasteiger partial charge is 0.262 e. The Morgan fingerprint density at radius 3 is 2.36 bits per heavy atom. The lowest BCUT2D eigenvalue weighted by Crippen LogP contribution is -2.30. The van der Waals surface area contributed by atoms with Crippen molar-refractivity contribution in [3.63, 3.8) is 0 Å². The van der Waals surface area contributed by atoms with E-state index in [1.807, 2.05) is 0 Å². The number of nitrogens with zero attached hydrogens (tertiary/aromatic N) is 1. The minimum Gasteiger partial charge on any atom is -0.262 e. The Bertz CT molecular complexity index is 998. The van der Waals surface area contributed by atoms with Crippen molar-refractivity contribution in [1.82, 2.24) is 4.72 Å². The summed E-state index contributed by atoms with van der Waals surface area (Å²) in [5.41, 5.74) is 0.207. The summed E-state index contributed by atoms with van der Waals surface area (Å²) >= 11 is 5.87. The van der Waals surface area contributed by atoms with Crippen LogP contribution in [0.5, 0.6) is 0 Å². The SMILES string of the molecule is O=S1(=O)N=C(NS(=O)(=O)c2ccccc2Cl)c2ccccc21. The van der Waals surface area contributed by atoms with E-state index in [0.717, 1.165) is 0 Å². The van der Waals surface area contributed by atoms with Crippen molar-refractivity contribution in [3.05, 3.63) is 59.1 Å². The molecule has 0 fully saturated rings. The number of rotatable bonds is 2. The lowest BCUT2D eigenvalue weighted by molar-refractivity contribution is 0.592. The second-order valence-corrected chi connectivity index (χ2v) is 8.08. The van der Waals surface area contributed by atoms with Gasteiger partial charge in [0.05, 0.1) is 5.02 Å². The zero-order valence-electron chi connectivity index (χ0n) is 10.9. The van der Waals surface area contributed by atoms with Gasteiger partial charge in [-0.1, -0.05) is 35.9 Å². The number of sulfonamides is 2. The second kappa shape index (κ2) is 5.08. The average Bonchev–Trinajstić information content (AvgIpc) is 2.70. The summed E-state index contributed by atoms with van der Waals surface area (Å²) in [4.78, 5) is -0.187. The fraction of sp³-hybridized carbons (Fsp3) is 0. The molecular formula is C13H9ClN2O4S2. The Morgan fingerprint density at radius 2 is 1.64 bits per heavy atom. The number of fused-ring (bicyclic) bond motifs is 1. The van der Waals surface area contributed by atoms with Gasteiger partial charge in [0.1, 0.15) is 9.79 Å². The van der Waals surface area contributed by atoms with Crippen LogP contribution in [0, 0.1) is 0 Å². The van der Waals surface area contributed by atoms with Crippen molar-refractivity contribution in [1.29, 1.82) is 0 Å². The Labute approximate surface area is 132 Å².